The average molecular weight is 240 g/mol. The van der Waals surface area contributed by atoms with Gasteiger partial charge in [0.25, 0.3) is 0 Å². The number of rotatable bonds is 8. The second-order valence-corrected chi connectivity index (χ2v) is 13.1. The molecule has 0 unspecified atom stereocenters. The van der Waals surface area contributed by atoms with Gasteiger partial charge in [-0.2, -0.15) is 0 Å². The molecule has 0 amide bonds. The average Bonchev–Trinajstić information content (AvgIpc) is 2.05. The van der Waals surface area contributed by atoms with Crippen molar-refractivity contribution >= 4 is 30.2 Å². The van der Waals surface area contributed by atoms with E-state index in [-0.39, 0.29) is 0 Å². The second kappa shape index (κ2) is 8.44. The minimum absolute atomic E-state index is 1.29. The van der Waals surface area contributed by atoms with E-state index in [1.165, 1.54) is 50.8 Å². The van der Waals surface area contributed by atoms with Crippen molar-refractivity contribution in [2.75, 3.05) is 12.3 Å². The molecule has 3 heteroatoms. The summed E-state index contributed by atoms with van der Waals surface area (Å²) in [6.45, 7) is 4.49. The van der Waals surface area contributed by atoms with Crippen LogP contribution in [-0.2, 0) is 0 Å². The maximum absolute atomic E-state index is 4.74. The van der Waals surface area contributed by atoms with Crippen LogP contribution in [0.25, 0.3) is 0 Å². The zero-order chi connectivity index (χ0) is 10.2. The molecule has 0 aromatic rings. The molecule has 0 atom stereocenters. The summed E-state index contributed by atoms with van der Waals surface area (Å²) in [6.07, 6.45) is 10.6. The molecule has 0 heterocycles. The van der Waals surface area contributed by atoms with Gasteiger partial charge in [-0.25, -0.2) is 0 Å². The van der Waals surface area contributed by atoms with Crippen LogP contribution in [0.2, 0.25) is 0 Å². The fourth-order valence-corrected chi connectivity index (χ4v) is 5.22. The Morgan fingerprint density at radius 1 is 0.769 bits per heavy atom. The standard InChI is InChI=1S/C10H25PS2/c1-3-5-7-9-11(12,13)10-8-6-4-2/h11-13H,3-10H2,1-2H3. The van der Waals surface area contributed by atoms with Crippen molar-refractivity contribution < 1.29 is 0 Å². The van der Waals surface area contributed by atoms with Gasteiger partial charge in [0, 0.05) is 0 Å². The molecule has 0 aliphatic carbocycles. The third kappa shape index (κ3) is 9.43. The van der Waals surface area contributed by atoms with E-state index in [0.717, 1.165) is 0 Å². The van der Waals surface area contributed by atoms with Crippen LogP contribution >= 0.6 is 30.2 Å². The monoisotopic (exact) mass is 240 g/mol. The van der Waals surface area contributed by atoms with Crippen molar-refractivity contribution in [2.45, 2.75) is 52.4 Å². The van der Waals surface area contributed by atoms with E-state index in [1.54, 1.807) is 0 Å². The molecule has 0 aliphatic heterocycles. The molecule has 0 nitrogen and oxygen atoms in total. The summed E-state index contributed by atoms with van der Waals surface area (Å²) in [5.41, 5.74) is -1.39. The summed E-state index contributed by atoms with van der Waals surface area (Å²) in [7, 11) is 0. The number of hydrogen-bond donors (Lipinski definition) is 2. The summed E-state index contributed by atoms with van der Waals surface area (Å²) in [6, 6.07) is 0. The molecule has 0 radical (unpaired) electrons. The van der Waals surface area contributed by atoms with Crippen LogP contribution in [0.4, 0.5) is 0 Å². The van der Waals surface area contributed by atoms with Crippen LogP contribution in [0.1, 0.15) is 52.4 Å². The van der Waals surface area contributed by atoms with E-state index in [4.69, 9.17) is 24.5 Å². The molecule has 0 saturated carbocycles. The van der Waals surface area contributed by atoms with Crippen molar-refractivity contribution in [1.29, 1.82) is 0 Å². The van der Waals surface area contributed by atoms with Crippen molar-refractivity contribution in [1.82, 2.24) is 0 Å². The molecular formula is C10H25PS2. The molecule has 0 aromatic heterocycles. The van der Waals surface area contributed by atoms with Gasteiger partial charge in [0.05, 0.1) is 0 Å². The first-order valence-corrected chi connectivity index (χ1v) is 10.6. The molecule has 13 heavy (non-hydrogen) atoms. The van der Waals surface area contributed by atoms with Crippen LogP contribution in [0.5, 0.6) is 0 Å². The minimum atomic E-state index is -1.39. The number of thiol groups is 2. The van der Waals surface area contributed by atoms with Gasteiger partial charge < -0.3 is 0 Å². The Balaban J connectivity index is 3.42. The van der Waals surface area contributed by atoms with E-state index < -0.39 is 5.67 Å². The van der Waals surface area contributed by atoms with Gasteiger partial charge in [0.2, 0.25) is 0 Å². The summed E-state index contributed by atoms with van der Waals surface area (Å²) in [4.78, 5) is 0. The first-order chi connectivity index (χ1) is 6.12. The normalized spacial score (nSPS) is 13.2. The Kier molecular flexibility index (Phi) is 9.17. The predicted octanol–water partition coefficient (Wildman–Crippen LogP) is 4.81. The van der Waals surface area contributed by atoms with Crippen LogP contribution in [-0.4, -0.2) is 12.3 Å². The van der Waals surface area contributed by atoms with Gasteiger partial charge in [-0.3, -0.25) is 0 Å². The van der Waals surface area contributed by atoms with Gasteiger partial charge >= 0.3 is 94.9 Å². The van der Waals surface area contributed by atoms with E-state index >= 15 is 0 Å². The van der Waals surface area contributed by atoms with Crippen LogP contribution in [0.3, 0.4) is 0 Å². The van der Waals surface area contributed by atoms with Crippen LogP contribution < -0.4 is 0 Å². The van der Waals surface area contributed by atoms with E-state index in [2.05, 4.69) is 13.8 Å². The molecule has 0 saturated heterocycles. The fraction of sp³-hybridized carbons (Fsp3) is 1.00. The van der Waals surface area contributed by atoms with Gasteiger partial charge in [0.15, 0.2) is 0 Å². The molecule has 0 aromatic carbocycles. The van der Waals surface area contributed by atoms with Gasteiger partial charge in [-0.15, -0.1) is 0 Å². The second-order valence-electron chi connectivity index (χ2n) is 3.90. The predicted molar refractivity (Wildman–Crippen MR) is 75.1 cm³/mol. The van der Waals surface area contributed by atoms with Crippen LogP contribution in [0, 0.1) is 0 Å². The number of hydrogen-bond acceptors (Lipinski definition) is 2. The van der Waals surface area contributed by atoms with Gasteiger partial charge in [-0.1, -0.05) is 0 Å². The Morgan fingerprint density at radius 2 is 1.15 bits per heavy atom. The molecule has 82 valence electrons. The zero-order valence-corrected chi connectivity index (χ0v) is 11.8. The first-order valence-electron chi connectivity index (χ1n) is 5.57. The molecule has 0 rings (SSSR count). The third-order valence-corrected chi connectivity index (χ3v) is 7.35. The summed E-state index contributed by atoms with van der Waals surface area (Å²) < 4.78 is 0. The quantitative estimate of drug-likeness (QED) is 0.340. The van der Waals surface area contributed by atoms with E-state index in [1.807, 2.05) is 0 Å². The number of unbranched alkanes of at least 4 members (excludes halogenated alkanes) is 4. The summed E-state index contributed by atoms with van der Waals surface area (Å²) >= 11 is 9.47. The summed E-state index contributed by atoms with van der Waals surface area (Å²) in [5.74, 6) is 0. The Hall–Kier alpha value is 1.13. The van der Waals surface area contributed by atoms with Crippen molar-refractivity contribution in [2.24, 2.45) is 0 Å². The topological polar surface area (TPSA) is 0 Å². The molecule has 0 fully saturated rings. The summed E-state index contributed by atoms with van der Waals surface area (Å²) in [5, 5.41) is 0. The van der Waals surface area contributed by atoms with Crippen molar-refractivity contribution in [3.63, 3.8) is 0 Å². The maximum atomic E-state index is 4.74. The van der Waals surface area contributed by atoms with E-state index in [0.29, 0.717) is 0 Å². The molecule has 0 bridgehead atoms. The molecule has 0 aliphatic rings. The third-order valence-electron chi connectivity index (χ3n) is 2.36. The zero-order valence-electron chi connectivity index (χ0n) is 9.05. The van der Waals surface area contributed by atoms with Gasteiger partial charge in [0.1, 0.15) is 0 Å². The Bertz CT molecular complexity index is 103. The molecule has 0 spiro atoms. The van der Waals surface area contributed by atoms with Crippen molar-refractivity contribution in [3.8, 4) is 0 Å². The fourth-order valence-electron chi connectivity index (χ4n) is 1.44. The Morgan fingerprint density at radius 3 is 1.46 bits per heavy atom. The van der Waals surface area contributed by atoms with Gasteiger partial charge in [-0.05, 0) is 0 Å². The van der Waals surface area contributed by atoms with Crippen LogP contribution in [0.15, 0.2) is 0 Å². The SMILES string of the molecule is CCCCC[PH](S)(S)CCCCC. The van der Waals surface area contributed by atoms with E-state index in [9.17, 15) is 0 Å². The molecule has 0 N–H and O–H groups in total. The molecular weight excluding hydrogens is 215 g/mol. The van der Waals surface area contributed by atoms with Crippen molar-refractivity contribution in [3.05, 3.63) is 0 Å². The Labute approximate surface area is 94.9 Å². The first kappa shape index (κ1) is 14.1.